The summed E-state index contributed by atoms with van der Waals surface area (Å²) in [5, 5.41) is 7.83. The summed E-state index contributed by atoms with van der Waals surface area (Å²) in [6, 6.07) is 15.1. The molecule has 0 aliphatic rings. The lowest BCUT2D eigenvalue weighted by atomic mass is 10.1. The van der Waals surface area contributed by atoms with Gasteiger partial charge in [-0.05, 0) is 24.6 Å². The van der Waals surface area contributed by atoms with E-state index in [9.17, 15) is 0 Å². The van der Waals surface area contributed by atoms with Crippen molar-refractivity contribution in [2.45, 2.75) is 13.0 Å². The molecule has 0 unspecified atom stereocenters. The van der Waals surface area contributed by atoms with Gasteiger partial charge in [0.1, 0.15) is 5.82 Å². The highest BCUT2D eigenvalue weighted by molar-refractivity contribution is 6.30. The standard InChI is InChI=1S/C16H15ClN4/c1-10-2-4-12(5-3-10)15-19-16(21-20-15)14(18)11-6-8-13(17)9-7-11/h2-9,14H,18H2,1H3,(H,19,20,21)/t14-/m1/s1. The van der Waals surface area contributed by atoms with Gasteiger partial charge in [-0.1, -0.05) is 53.6 Å². The first kappa shape index (κ1) is 13.8. The minimum atomic E-state index is -0.353. The van der Waals surface area contributed by atoms with Crippen LogP contribution in [-0.4, -0.2) is 15.2 Å². The molecule has 0 aliphatic heterocycles. The van der Waals surface area contributed by atoms with E-state index in [0.717, 1.165) is 11.1 Å². The second-order valence-corrected chi connectivity index (χ2v) is 5.38. The maximum atomic E-state index is 6.21. The average Bonchev–Trinajstić information content (AvgIpc) is 2.98. The quantitative estimate of drug-likeness (QED) is 0.778. The summed E-state index contributed by atoms with van der Waals surface area (Å²) in [6.45, 7) is 2.05. The normalized spacial score (nSPS) is 12.3. The molecule has 0 amide bonds. The third kappa shape index (κ3) is 2.96. The Balaban J connectivity index is 1.87. The lowest BCUT2D eigenvalue weighted by molar-refractivity contribution is 0.787. The van der Waals surface area contributed by atoms with Crippen LogP contribution >= 0.6 is 11.6 Å². The predicted molar refractivity (Wildman–Crippen MR) is 84.0 cm³/mol. The van der Waals surface area contributed by atoms with Gasteiger partial charge in [-0.2, -0.15) is 5.10 Å². The van der Waals surface area contributed by atoms with E-state index in [2.05, 4.69) is 15.2 Å². The molecule has 0 radical (unpaired) electrons. The Labute approximate surface area is 128 Å². The number of nitrogens with zero attached hydrogens (tertiary/aromatic N) is 2. The van der Waals surface area contributed by atoms with Crippen molar-refractivity contribution in [3.05, 3.63) is 70.5 Å². The Morgan fingerprint density at radius 1 is 1.05 bits per heavy atom. The summed E-state index contributed by atoms with van der Waals surface area (Å²) in [5.74, 6) is 1.28. The molecule has 3 N–H and O–H groups in total. The highest BCUT2D eigenvalue weighted by Crippen LogP contribution is 2.21. The molecule has 0 saturated heterocycles. The molecule has 1 aromatic heterocycles. The van der Waals surface area contributed by atoms with Gasteiger partial charge in [0.15, 0.2) is 5.82 Å². The number of hydrogen-bond donors (Lipinski definition) is 2. The zero-order valence-corrected chi connectivity index (χ0v) is 12.3. The Morgan fingerprint density at radius 3 is 2.38 bits per heavy atom. The van der Waals surface area contributed by atoms with Crippen LogP contribution in [0, 0.1) is 6.92 Å². The molecule has 106 valence electrons. The van der Waals surface area contributed by atoms with Crippen LogP contribution in [0.25, 0.3) is 11.4 Å². The van der Waals surface area contributed by atoms with Crippen LogP contribution in [-0.2, 0) is 0 Å². The molecule has 1 atom stereocenters. The Kier molecular flexibility index (Phi) is 3.73. The monoisotopic (exact) mass is 298 g/mol. The first-order valence-corrected chi connectivity index (χ1v) is 7.01. The minimum absolute atomic E-state index is 0.353. The molecule has 0 saturated carbocycles. The summed E-state index contributed by atoms with van der Waals surface area (Å²) in [6.07, 6.45) is 0. The molecule has 0 bridgehead atoms. The number of aryl methyl sites for hydroxylation is 1. The van der Waals surface area contributed by atoms with Gasteiger partial charge in [0.05, 0.1) is 6.04 Å². The number of halogens is 1. The number of H-pyrrole nitrogens is 1. The van der Waals surface area contributed by atoms with E-state index in [1.165, 1.54) is 5.56 Å². The number of aromatic nitrogens is 3. The molecular formula is C16H15ClN4. The maximum absolute atomic E-state index is 6.21. The van der Waals surface area contributed by atoms with Crippen molar-refractivity contribution in [1.82, 2.24) is 15.2 Å². The van der Waals surface area contributed by atoms with E-state index < -0.39 is 0 Å². The first-order chi connectivity index (χ1) is 10.1. The Hall–Kier alpha value is -2.17. The number of hydrogen-bond acceptors (Lipinski definition) is 3. The largest absolute Gasteiger partial charge is 0.318 e. The molecule has 1 heterocycles. The smallest absolute Gasteiger partial charge is 0.181 e. The van der Waals surface area contributed by atoms with Crippen LogP contribution in [0.1, 0.15) is 23.0 Å². The van der Waals surface area contributed by atoms with Crippen LogP contribution in [0.2, 0.25) is 5.02 Å². The van der Waals surface area contributed by atoms with E-state index in [1.54, 1.807) is 0 Å². The zero-order valence-electron chi connectivity index (χ0n) is 11.5. The Morgan fingerprint density at radius 2 is 1.71 bits per heavy atom. The fourth-order valence-corrected chi connectivity index (χ4v) is 2.20. The van der Waals surface area contributed by atoms with Gasteiger partial charge in [-0.25, -0.2) is 4.98 Å². The highest BCUT2D eigenvalue weighted by atomic mass is 35.5. The molecule has 2 aromatic carbocycles. The van der Waals surface area contributed by atoms with Gasteiger partial charge in [-0.3, -0.25) is 5.10 Å². The summed E-state index contributed by atoms with van der Waals surface area (Å²) in [4.78, 5) is 4.48. The van der Waals surface area contributed by atoms with Crippen molar-refractivity contribution in [3.8, 4) is 11.4 Å². The highest BCUT2D eigenvalue weighted by Gasteiger charge is 2.14. The first-order valence-electron chi connectivity index (χ1n) is 6.64. The fourth-order valence-electron chi connectivity index (χ4n) is 2.07. The number of benzene rings is 2. The van der Waals surface area contributed by atoms with Crippen LogP contribution in [0.5, 0.6) is 0 Å². The second kappa shape index (κ2) is 5.68. The lowest BCUT2D eigenvalue weighted by Crippen LogP contribution is -2.13. The number of nitrogens with one attached hydrogen (secondary N) is 1. The van der Waals surface area contributed by atoms with Crippen molar-refractivity contribution in [2.75, 3.05) is 0 Å². The van der Waals surface area contributed by atoms with E-state index in [1.807, 2.05) is 55.5 Å². The molecular weight excluding hydrogens is 284 g/mol. The predicted octanol–water partition coefficient (Wildman–Crippen LogP) is 3.48. The molecule has 3 aromatic rings. The van der Waals surface area contributed by atoms with Crippen molar-refractivity contribution in [2.24, 2.45) is 5.73 Å². The van der Waals surface area contributed by atoms with E-state index in [-0.39, 0.29) is 6.04 Å². The zero-order chi connectivity index (χ0) is 14.8. The van der Waals surface area contributed by atoms with Gasteiger partial charge in [0.25, 0.3) is 0 Å². The second-order valence-electron chi connectivity index (χ2n) is 4.94. The van der Waals surface area contributed by atoms with Crippen LogP contribution in [0.3, 0.4) is 0 Å². The third-order valence-corrected chi connectivity index (χ3v) is 3.59. The third-order valence-electron chi connectivity index (χ3n) is 3.34. The molecule has 0 spiro atoms. The summed E-state index contributed by atoms with van der Waals surface area (Å²) in [7, 11) is 0. The fraction of sp³-hybridized carbons (Fsp3) is 0.125. The maximum Gasteiger partial charge on any atom is 0.181 e. The number of aromatic amines is 1. The number of rotatable bonds is 3. The van der Waals surface area contributed by atoms with Crippen molar-refractivity contribution in [3.63, 3.8) is 0 Å². The topological polar surface area (TPSA) is 67.6 Å². The van der Waals surface area contributed by atoms with E-state index in [0.29, 0.717) is 16.7 Å². The lowest BCUT2D eigenvalue weighted by Gasteiger charge is -2.08. The van der Waals surface area contributed by atoms with Gasteiger partial charge >= 0.3 is 0 Å². The van der Waals surface area contributed by atoms with E-state index in [4.69, 9.17) is 17.3 Å². The van der Waals surface area contributed by atoms with Crippen LogP contribution in [0.4, 0.5) is 0 Å². The minimum Gasteiger partial charge on any atom is -0.318 e. The molecule has 0 aliphatic carbocycles. The van der Waals surface area contributed by atoms with Crippen molar-refractivity contribution in [1.29, 1.82) is 0 Å². The molecule has 21 heavy (non-hydrogen) atoms. The molecule has 3 rings (SSSR count). The average molecular weight is 299 g/mol. The van der Waals surface area contributed by atoms with Crippen LogP contribution in [0.15, 0.2) is 48.5 Å². The SMILES string of the molecule is Cc1ccc(-c2n[nH]c([C@H](N)c3ccc(Cl)cc3)n2)cc1. The van der Waals surface area contributed by atoms with Gasteiger partial charge < -0.3 is 5.73 Å². The number of nitrogens with two attached hydrogens (primary N) is 1. The molecule has 0 fully saturated rings. The van der Waals surface area contributed by atoms with Gasteiger partial charge in [0.2, 0.25) is 0 Å². The molecule has 5 heteroatoms. The van der Waals surface area contributed by atoms with Crippen molar-refractivity contribution >= 4 is 11.6 Å². The van der Waals surface area contributed by atoms with Crippen LogP contribution < -0.4 is 5.73 Å². The summed E-state index contributed by atoms with van der Waals surface area (Å²) in [5.41, 5.74) is 9.31. The van der Waals surface area contributed by atoms with Gasteiger partial charge in [0, 0.05) is 10.6 Å². The van der Waals surface area contributed by atoms with Gasteiger partial charge in [-0.15, -0.1) is 0 Å². The van der Waals surface area contributed by atoms with E-state index >= 15 is 0 Å². The molecule has 4 nitrogen and oxygen atoms in total. The Bertz CT molecular complexity index is 732. The summed E-state index contributed by atoms with van der Waals surface area (Å²) < 4.78 is 0. The summed E-state index contributed by atoms with van der Waals surface area (Å²) >= 11 is 5.88. The van der Waals surface area contributed by atoms with Crippen molar-refractivity contribution < 1.29 is 0 Å².